The van der Waals surface area contributed by atoms with Crippen LogP contribution in [0.15, 0.2) is 53.4 Å². The number of nitrogens with zero attached hydrogens (tertiary/aromatic N) is 2. The number of carboxylic acids is 1. The highest BCUT2D eigenvalue weighted by atomic mass is 32.1. The molecule has 0 saturated carbocycles. The third-order valence-electron chi connectivity index (χ3n) is 4.36. The molecule has 2 aromatic heterocycles. The first-order valence-corrected chi connectivity index (χ1v) is 10.7. The molecule has 0 unspecified atom stereocenters. The number of alkyl halides is 6. The van der Waals surface area contributed by atoms with Crippen LogP contribution in [0.25, 0.3) is 22.6 Å². The number of hydrogen-bond acceptors (Lipinski definition) is 5. The average Bonchev–Trinajstić information content (AvgIpc) is 3.47. The van der Waals surface area contributed by atoms with Crippen molar-refractivity contribution in [2.45, 2.75) is 18.9 Å². The molecule has 2 amide bonds. The van der Waals surface area contributed by atoms with Crippen LogP contribution >= 0.6 is 11.3 Å². The molecule has 0 radical (unpaired) electrons. The number of aromatic amines is 1. The van der Waals surface area contributed by atoms with Crippen molar-refractivity contribution in [3.05, 3.63) is 64.5 Å². The largest absolute Gasteiger partial charge is 0.490 e. The SMILES string of the molecule is O=C(NCc1cccc(C(F)(F)F)c1)Nc1ccc2nc(-c3cscn3)[nH]c2c1.O=C(O)C(F)(F)F. The number of rotatable bonds is 4. The first-order valence-electron chi connectivity index (χ1n) is 9.72. The summed E-state index contributed by atoms with van der Waals surface area (Å²) in [7, 11) is 0. The van der Waals surface area contributed by atoms with Crippen molar-refractivity contribution in [2.24, 2.45) is 0 Å². The molecule has 190 valence electrons. The van der Waals surface area contributed by atoms with Crippen molar-refractivity contribution in [1.82, 2.24) is 20.3 Å². The summed E-state index contributed by atoms with van der Waals surface area (Å²) >= 11 is 1.46. The van der Waals surface area contributed by atoms with E-state index in [9.17, 15) is 31.1 Å². The van der Waals surface area contributed by atoms with E-state index in [0.717, 1.165) is 28.9 Å². The molecule has 0 saturated heterocycles. The van der Waals surface area contributed by atoms with Gasteiger partial charge in [0, 0.05) is 17.6 Å². The first kappa shape index (κ1) is 26.5. The van der Waals surface area contributed by atoms with Crippen molar-refractivity contribution >= 4 is 40.1 Å². The Morgan fingerprint density at radius 2 is 1.78 bits per heavy atom. The first-order chi connectivity index (χ1) is 16.8. The number of carbonyl (C=O) groups is 2. The maximum atomic E-state index is 12.8. The molecule has 4 rings (SSSR count). The summed E-state index contributed by atoms with van der Waals surface area (Å²) in [6.07, 6.45) is -9.50. The van der Waals surface area contributed by atoms with Crippen LogP contribution in [-0.4, -0.2) is 38.2 Å². The number of H-pyrrole nitrogens is 1. The minimum absolute atomic E-state index is 0.0317. The fourth-order valence-electron chi connectivity index (χ4n) is 2.75. The molecular weight excluding hydrogens is 516 g/mol. The summed E-state index contributed by atoms with van der Waals surface area (Å²) in [6, 6.07) is 9.47. The normalized spacial score (nSPS) is 11.5. The molecule has 0 aliphatic carbocycles. The highest BCUT2D eigenvalue weighted by molar-refractivity contribution is 7.07. The van der Waals surface area contributed by atoms with Crippen LogP contribution in [0.5, 0.6) is 0 Å². The van der Waals surface area contributed by atoms with Gasteiger partial charge in [-0.15, -0.1) is 11.3 Å². The van der Waals surface area contributed by atoms with Gasteiger partial charge in [0.2, 0.25) is 0 Å². The van der Waals surface area contributed by atoms with Crippen LogP contribution in [0.1, 0.15) is 11.1 Å². The number of carbonyl (C=O) groups excluding carboxylic acids is 1. The van der Waals surface area contributed by atoms with Gasteiger partial charge in [0.25, 0.3) is 0 Å². The smallest absolute Gasteiger partial charge is 0.475 e. The van der Waals surface area contributed by atoms with Gasteiger partial charge < -0.3 is 20.7 Å². The Morgan fingerprint density at radius 3 is 2.39 bits per heavy atom. The van der Waals surface area contributed by atoms with E-state index in [1.54, 1.807) is 23.7 Å². The molecular formula is C21H15F6N5O3S. The number of hydrogen-bond donors (Lipinski definition) is 4. The molecule has 0 spiro atoms. The molecule has 15 heteroatoms. The van der Waals surface area contributed by atoms with Crippen LogP contribution in [0.3, 0.4) is 0 Å². The number of benzene rings is 2. The number of aliphatic carboxylic acids is 1. The molecule has 8 nitrogen and oxygen atoms in total. The number of nitrogens with one attached hydrogen (secondary N) is 3. The van der Waals surface area contributed by atoms with Crippen molar-refractivity contribution in [3.63, 3.8) is 0 Å². The summed E-state index contributed by atoms with van der Waals surface area (Å²) < 4.78 is 70.0. The van der Waals surface area contributed by atoms with Gasteiger partial charge in [0.05, 0.1) is 22.1 Å². The van der Waals surface area contributed by atoms with E-state index in [2.05, 4.69) is 25.6 Å². The van der Waals surface area contributed by atoms with Crippen LogP contribution in [0.4, 0.5) is 36.8 Å². The number of imidazole rings is 1. The Hall–Kier alpha value is -4.14. The second-order valence-corrected chi connectivity index (χ2v) is 7.72. The fourth-order valence-corrected chi connectivity index (χ4v) is 3.29. The van der Waals surface area contributed by atoms with E-state index < -0.39 is 29.9 Å². The zero-order valence-corrected chi connectivity index (χ0v) is 18.6. The number of carboxylic acid groups (broad SMARTS) is 1. The summed E-state index contributed by atoms with van der Waals surface area (Å²) in [5, 5.41) is 14.2. The Bertz CT molecular complexity index is 1350. The summed E-state index contributed by atoms with van der Waals surface area (Å²) in [5.41, 5.74) is 4.02. The number of halogens is 6. The molecule has 0 aliphatic heterocycles. The van der Waals surface area contributed by atoms with Gasteiger partial charge in [-0.25, -0.2) is 19.6 Å². The van der Waals surface area contributed by atoms with Crippen LogP contribution in [0, 0.1) is 0 Å². The lowest BCUT2D eigenvalue weighted by Gasteiger charge is -2.10. The Morgan fingerprint density at radius 1 is 1.06 bits per heavy atom. The zero-order valence-electron chi connectivity index (χ0n) is 17.7. The molecule has 2 aromatic carbocycles. The van der Waals surface area contributed by atoms with E-state index in [1.165, 1.54) is 23.5 Å². The minimum Gasteiger partial charge on any atom is -0.475 e. The van der Waals surface area contributed by atoms with Gasteiger partial charge in [-0.1, -0.05) is 12.1 Å². The van der Waals surface area contributed by atoms with Gasteiger partial charge in [0.1, 0.15) is 5.69 Å². The molecule has 2 heterocycles. The van der Waals surface area contributed by atoms with Crippen LogP contribution in [0.2, 0.25) is 0 Å². The number of anilines is 1. The second-order valence-electron chi connectivity index (χ2n) is 7.00. The quantitative estimate of drug-likeness (QED) is 0.253. The number of amides is 2. The van der Waals surface area contributed by atoms with Crippen LogP contribution in [-0.2, 0) is 17.5 Å². The van der Waals surface area contributed by atoms with Gasteiger partial charge in [-0.2, -0.15) is 26.3 Å². The van der Waals surface area contributed by atoms with Crippen molar-refractivity contribution in [3.8, 4) is 11.5 Å². The lowest BCUT2D eigenvalue weighted by molar-refractivity contribution is -0.192. The second kappa shape index (κ2) is 10.6. The molecule has 0 bridgehead atoms. The average molecular weight is 531 g/mol. The van der Waals surface area contributed by atoms with Gasteiger partial charge in [0.15, 0.2) is 5.82 Å². The number of urea groups is 1. The highest BCUT2D eigenvalue weighted by Gasteiger charge is 2.38. The van der Waals surface area contributed by atoms with E-state index in [4.69, 9.17) is 9.90 Å². The van der Waals surface area contributed by atoms with E-state index in [1.807, 2.05) is 5.38 Å². The third-order valence-corrected chi connectivity index (χ3v) is 4.95. The third kappa shape index (κ3) is 7.18. The summed E-state index contributed by atoms with van der Waals surface area (Å²) in [6.45, 7) is -0.0317. The van der Waals surface area contributed by atoms with E-state index in [0.29, 0.717) is 17.1 Å². The Labute approximate surface area is 202 Å². The van der Waals surface area contributed by atoms with Crippen molar-refractivity contribution in [1.29, 1.82) is 0 Å². The van der Waals surface area contributed by atoms with Crippen LogP contribution < -0.4 is 10.6 Å². The predicted molar refractivity (Wildman–Crippen MR) is 118 cm³/mol. The van der Waals surface area contributed by atoms with Gasteiger partial charge in [-0.3, -0.25) is 0 Å². The monoisotopic (exact) mass is 531 g/mol. The highest BCUT2D eigenvalue weighted by Crippen LogP contribution is 2.29. The Balaban J connectivity index is 0.000000454. The molecule has 4 N–H and O–H groups in total. The zero-order chi connectivity index (χ0) is 26.5. The maximum absolute atomic E-state index is 12.8. The molecule has 0 aliphatic rings. The number of fused-ring (bicyclic) bond motifs is 1. The summed E-state index contributed by atoms with van der Waals surface area (Å²) in [4.78, 5) is 32.8. The standard InChI is InChI=1S/C19H14F3N5OS.C2HF3O2/c20-19(21,22)12-3-1-2-11(6-12)8-23-18(28)25-13-4-5-14-15(7-13)27-17(26-14)16-9-29-10-24-16;3-2(4,5)1(6)7/h1-7,9-10H,8H2,(H,26,27)(H2,23,25,28);(H,6,7). The molecule has 0 atom stereocenters. The van der Waals surface area contributed by atoms with Crippen molar-refractivity contribution < 1.29 is 41.0 Å². The molecule has 36 heavy (non-hydrogen) atoms. The number of thiazole rings is 1. The maximum Gasteiger partial charge on any atom is 0.490 e. The van der Waals surface area contributed by atoms with E-state index >= 15 is 0 Å². The van der Waals surface area contributed by atoms with E-state index in [-0.39, 0.29) is 6.54 Å². The fraction of sp³-hybridized carbons (Fsp3) is 0.143. The van der Waals surface area contributed by atoms with Crippen molar-refractivity contribution in [2.75, 3.05) is 5.32 Å². The topological polar surface area (TPSA) is 120 Å². The lowest BCUT2D eigenvalue weighted by atomic mass is 10.1. The molecule has 0 fully saturated rings. The summed E-state index contributed by atoms with van der Waals surface area (Å²) in [5.74, 6) is -2.13. The molecule has 4 aromatic rings. The van der Waals surface area contributed by atoms with Gasteiger partial charge in [-0.05, 0) is 35.9 Å². The lowest BCUT2D eigenvalue weighted by Crippen LogP contribution is -2.28. The Kier molecular flexibility index (Phi) is 7.82. The van der Waals surface area contributed by atoms with Gasteiger partial charge >= 0.3 is 24.4 Å². The minimum atomic E-state index is -5.08. The predicted octanol–water partition coefficient (Wildman–Crippen LogP) is 5.66. The number of aromatic nitrogens is 3.